The summed E-state index contributed by atoms with van der Waals surface area (Å²) in [5, 5.41) is 3.25. The molecule has 0 bridgehead atoms. The molecule has 16 aromatic rings. The van der Waals surface area contributed by atoms with Crippen LogP contribution in [-0.4, -0.2) is 83.1 Å². The van der Waals surface area contributed by atoms with E-state index in [1.165, 1.54) is 44.1 Å². The fourth-order valence-electron chi connectivity index (χ4n) is 14.3. The summed E-state index contributed by atoms with van der Waals surface area (Å²) in [4.78, 5) is 51.6. The Labute approximate surface area is 593 Å². The predicted octanol–water partition coefficient (Wildman–Crippen LogP) is 16.4. The topological polar surface area (TPSA) is 276 Å². The molecular weight excluding hydrogens is 1300 g/mol. The molecule has 0 unspecified atom stereocenters. The summed E-state index contributed by atoms with van der Waals surface area (Å²) in [7, 11) is -3.79. The molecule has 508 valence electrons. The summed E-state index contributed by atoms with van der Waals surface area (Å²) in [6.07, 6.45) is 27.0. The largest absolute Gasteiger partial charge is 0.382 e. The van der Waals surface area contributed by atoms with E-state index in [-0.39, 0.29) is 23.3 Å². The second-order valence-corrected chi connectivity index (χ2v) is 28.6. The molecule has 20 nitrogen and oxygen atoms in total. The van der Waals surface area contributed by atoms with Crippen LogP contribution in [0.25, 0.3) is 117 Å². The number of rotatable bonds is 13. The molecule has 3 aliphatic carbocycles. The van der Waals surface area contributed by atoms with Gasteiger partial charge in [-0.3, -0.25) is 27.4 Å². The van der Waals surface area contributed by atoms with Crippen LogP contribution in [0.15, 0.2) is 231 Å². The number of nitrogens with two attached hydrogens (primary N) is 3. The third-order valence-corrected chi connectivity index (χ3v) is 21.6. The zero-order chi connectivity index (χ0) is 69.9. The number of fused-ring (bicyclic) bond motifs is 6. The van der Waals surface area contributed by atoms with Gasteiger partial charge in [-0.15, -0.1) is 0 Å². The molecule has 3 fully saturated rings. The Morgan fingerprint density at radius 2 is 0.883 bits per heavy atom. The number of aromatic nitrogens is 14. The molecule has 11 heterocycles. The highest BCUT2D eigenvalue weighted by Gasteiger charge is 2.36. The van der Waals surface area contributed by atoms with Crippen LogP contribution in [0.3, 0.4) is 0 Å². The lowest BCUT2D eigenvalue weighted by molar-refractivity contribution is 0.158. The standard InChI is InChI=1S/C33H29N5O3S.C25H22N6.C24H20N6/c1-21-7-12-27(13-8-21)42(39,40)41-20-22-17-26(18-22)33-37-30(31-32(34)35-15-16-38(31)33)25-10-9-24-11-14-28(36-29(24)19-25)23-5-3-2-4-6-23;1-15-12-20(18-6-3-9-27-14-18)29-21-13-17(7-8-19(15)21)22-23-24(26)28-10-11-31(23)25(30-22)16-4-2-5-16;25-23-22-21(29-24(16-3-1-4-16)30(22)12-11-27-23)17-7-6-15-8-9-19(28-20(15)13-17)18-5-2-10-26-14-18/h2-16,19,22,26H,17-18,20H2,1H3,(H2,34,35);3,6-14,16H,2,4-5H2,1H3,(H2,26,28);2,5-14,16H,1,3-4H2,(H2,25,27). The maximum absolute atomic E-state index is 12.6. The molecule has 19 rings (SSSR count). The second-order valence-electron chi connectivity index (χ2n) is 27.0. The van der Waals surface area contributed by atoms with Crippen LogP contribution >= 0.6 is 0 Å². The van der Waals surface area contributed by atoms with E-state index < -0.39 is 10.1 Å². The number of aryl methyl sites for hydroxylation is 2. The fourth-order valence-corrected chi connectivity index (χ4v) is 15.3. The van der Waals surface area contributed by atoms with Crippen LogP contribution in [0.2, 0.25) is 0 Å². The minimum absolute atomic E-state index is 0.117. The number of anilines is 3. The van der Waals surface area contributed by atoms with Gasteiger partial charge in [-0.05, 0) is 137 Å². The number of hydrogen-bond donors (Lipinski definition) is 3. The van der Waals surface area contributed by atoms with E-state index >= 15 is 0 Å². The van der Waals surface area contributed by atoms with Crippen molar-refractivity contribution in [2.24, 2.45) is 5.92 Å². The molecule has 103 heavy (non-hydrogen) atoms. The third kappa shape index (κ3) is 12.3. The molecule has 0 saturated heterocycles. The van der Waals surface area contributed by atoms with Crippen LogP contribution in [-0.2, 0) is 14.3 Å². The van der Waals surface area contributed by atoms with E-state index in [2.05, 4.69) is 113 Å². The van der Waals surface area contributed by atoms with Gasteiger partial charge in [-0.25, -0.2) is 44.9 Å². The molecule has 0 amide bonds. The van der Waals surface area contributed by atoms with Crippen LogP contribution < -0.4 is 17.2 Å². The van der Waals surface area contributed by atoms with Gasteiger partial charge >= 0.3 is 0 Å². The van der Waals surface area contributed by atoms with Gasteiger partial charge in [0.25, 0.3) is 10.1 Å². The Morgan fingerprint density at radius 3 is 1.37 bits per heavy atom. The number of hydrogen-bond acceptors (Lipinski definition) is 17. The first-order chi connectivity index (χ1) is 50.3. The maximum Gasteiger partial charge on any atom is 0.296 e. The molecule has 3 aliphatic rings. The quantitative estimate of drug-likeness (QED) is 0.0905. The number of pyridine rings is 5. The Hall–Kier alpha value is -12.2. The SMILES string of the molecule is Cc1cc(-c2cccnc2)nc2cc(-c3nc(C4CCC4)n4ccnc(N)c34)ccc12.Cc1ccc(S(=O)(=O)OCC2CC(c3nc(-c4ccc5ccc(-c6ccccc6)nc5c4)c4c(N)nccn34)C2)cc1.Nc1nccn2c(C3CCC3)nc(-c3ccc4ccc(-c5cccnc5)nc4c3)c12. The Balaban J connectivity index is 0.000000117. The first kappa shape index (κ1) is 64.2. The lowest BCUT2D eigenvalue weighted by Gasteiger charge is -2.34. The Bertz CT molecular complexity index is 6020. The monoisotopic (exact) mass is 1370 g/mol. The number of nitrogen functional groups attached to an aromatic ring is 3. The van der Waals surface area contributed by atoms with E-state index in [0.29, 0.717) is 29.3 Å². The van der Waals surface area contributed by atoms with Gasteiger partial charge in [0.05, 0.1) is 45.1 Å². The Morgan fingerprint density at radius 1 is 0.437 bits per heavy atom. The van der Waals surface area contributed by atoms with Gasteiger partial charge in [-0.2, -0.15) is 8.42 Å². The van der Waals surface area contributed by atoms with Gasteiger partial charge in [0.2, 0.25) is 0 Å². The first-order valence-electron chi connectivity index (χ1n) is 34.8. The van der Waals surface area contributed by atoms with Gasteiger partial charge < -0.3 is 17.2 Å². The normalized spacial score (nSPS) is 15.4. The molecule has 11 aromatic heterocycles. The molecule has 3 saturated carbocycles. The molecule has 0 atom stereocenters. The van der Waals surface area contributed by atoms with Crippen LogP contribution in [0, 0.1) is 19.8 Å². The highest BCUT2D eigenvalue weighted by molar-refractivity contribution is 7.86. The van der Waals surface area contributed by atoms with Gasteiger partial charge in [0.1, 0.15) is 68.6 Å². The molecule has 6 N–H and O–H groups in total. The van der Waals surface area contributed by atoms with E-state index in [9.17, 15) is 8.42 Å². The van der Waals surface area contributed by atoms with Crippen LogP contribution in [0.1, 0.15) is 97.7 Å². The van der Waals surface area contributed by atoms with Crippen molar-refractivity contribution in [1.82, 2.24) is 68.0 Å². The fraction of sp³-hybridized carbons (Fsp3) is 0.183. The highest BCUT2D eigenvalue weighted by atomic mass is 32.2. The summed E-state index contributed by atoms with van der Waals surface area (Å²) >= 11 is 0. The van der Waals surface area contributed by atoms with E-state index in [1.807, 2.05) is 109 Å². The first-order valence-corrected chi connectivity index (χ1v) is 36.2. The van der Waals surface area contributed by atoms with Crippen molar-refractivity contribution in [3.8, 4) is 67.5 Å². The average molecular weight is 1370 g/mol. The van der Waals surface area contributed by atoms with E-state index in [4.69, 9.17) is 51.3 Å². The van der Waals surface area contributed by atoms with Crippen molar-refractivity contribution in [2.45, 2.75) is 87.9 Å². The summed E-state index contributed by atoms with van der Waals surface area (Å²) < 4.78 is 37.0. The van der Waals surface area contributed by atoms with Crippen LogP contribution in [0.5, 0.6) is 0 Å². The lowest BCUT2D eigenvalue weighted by atomic mass is 9.75. The van der Waals surface area contributed by atoms with Gasteiger partial charge in [-0.1, -0.05) is 109 Å². The predicted molar refractivity (Wildman–Crippen MR) is 404 cm³/mol. The van der Waals surface area contributed by atoms with Gasteiger partial charge in [0, 0.05) is 129 Å². The third-order valence-electron chi connectivity index (χ3n) is 20.3. The smallest absolute Gasteiger partial charge is 0.296 e. The van der Waals surface area contributed by atoms with Crippen LogP contribution in [0.4, 0.5) is 17.5 Å². The summed E-state index contributed by atoms with van der Waals surface area (Å²) in [5.74, 6) is 5.70. The lowest BCUT2D eigenvalue weighted by Crippen LogP contribution is -2.28. The van der Waals surface area contributed by atoms with Crippen molar-refractivity contribution in [2.75, 3.05) is 23.8 Å². The molecule has 0 aliphatic heterocycles. The molecule has 5 aromatic carbocycles. The minimum atomic E-state index is -3.79. The number of benzene rings is 5. The second kappa shape index (κ2) is 26.7. The van der Waals surface area contributed by atoms with E-state index in [1.54, 1.807) is 55.2 Å². The van der Waals surface area contributed by atoms with Crippen molar-refractivity contribution in [1.29, 1.82) is 0 Å². The summed E-state index contributed by atoms with van der Waals surface area (Å²) in [5.41, 5.74) is 37.6. The van der Waals surface area contributed by atoms with E-state index in [0.717, 1.165) is 153 Å². The zero-order valence-corrected chi connectivity index (χ0v) is 57.5. The van der Waals surface area contributed by atoms with Gasteiger partial charge in [0.15, 0.2) is 0 Å². The zero-order valence-electron chi connectivity index (χ0n) is 56.7. The molecule has 0 radical (unpaired) electrons. The summed E-state index contributed by atoms with van der Waals surface area (Å²) in [6, 6.07) is 53.8. The molecular formula is C82H71N17O3S. The Kier molecular flexibility index (Phi) is 16.7. The number of imidazole rings is 3. The molecule has 21 heteroatoms. The minimum Gasteiger partial charge on any atom is -0.382 e. The van der Waals surface area contributed by atoms with Crippen molar-refractivity contribution in [3.63, 3.8) is 0 Å². The number of nitrogens with zero attached hydrogens (tertiary/aromatic N) is 14. The average Bonchev–Trinajstić information content (AvgIpc) is 1.62. The van der Waals surface area contributed by atoms with Crippen molar-refractivity contribution >= 4 is 76.8 Å². The maximum atomic E-state index is 12.6. The highest BCUT2D eigenvalue weighted by Crippen LogP contribution is 2.45. The van der Waals surface area contributed by atoms with Crippen molar-refractivity contribution < 1.29 is 12.6 Å². The van der Waals surface area contributed by atoms with Crippen molar-refractivity contribution in [3.05, 3.63) is 254 Å². The molecule has 0 spiro atoms. The summed E-state index contributed by atoms with van der Waals surface area (Å²) in [6.45, 7) is 4.18.